The minimum Gasteiger partial charge on any atom is -0.463 e. The highest BCUT2D eigenvalue weighted by Crippen LogP contribution is 2.32. The van der Waals surface area contributed by atoms with Crippen LogP contribution in [0.25, 0.3) is 21.3 Å². The zero-order chi connectivity index (χ0) is 22.8. The van der Waals surface area contributed by atoms with Crippen molar-refractivity contribution in [3.8, 4) is 11.1 Å². The molecule has 0 saturated carbocycles. The van der Waals surface area contributed by atoms with Crippen LogP contribution in [0, 0.1) is 0 Å². The van der Waals surface area contributed by atoms with Crippen LogP contribution in [0.2, 0.25) is 0 Å². The van der Waals surface area contributed by atoms with Crippen molar-refractivity contribution >= 4 is 45.3 Å². The van der Waals surface area contributed by atoms with Crippen LogP contribution in [0.1, 0.15) is 13.8 Å². The molecule has 1 aliphatic heterocycles. The largest absolute Gasteiger partial charge is 0.463 e. The highest BCUT2D eigenvalue weighted by molar-refractivity contribution is 7.99. The van der Waals surface area contributed by atoms with E-state index in [9.17, 15) is 14.4 Å². The Hall–Kier alpha value is -3.31. The fourth-order valence-electron chi connectivity index (χ4n) is 3.45. The lowest BCUT2D eigenvalue weighted by Crippen LogP contribution is -2.49. The smallest absolute Gasteiger partial charge is 0.337 e. The van der Waals surface area contributed by atoms with Gasteiger partial charge in [-0.1, -0.05) is 42.1 Å². The molecule has 11 heteroatoms. The monoisotopic (exact) mass is 471 g/mol. The van der Waals surface area contributed by atoms with E-state index in [4.69, 9.17) is 10.6 Å². The molecular weight excluding hydrogens is 450 g/mol. The van der Waals surface area contributed by atoms with Crippen LogP contribution in [0.3, 0.4) is 0 Å². The molecule has 1 aromatic carbocycles. The number of carbonyl (C=O) groups excluding carboxylic acids is 2. The van der Waals surface area contributed by atoms with Gasteiger partial charge in [-0.2, -0.15) is 0 Å². The molecule has 0 saturated heterocycles. The number of amides is 2. The lowest BCUT2D eigenvalue weighted by atomic mass is 10.1. The molecule has 0 radical (unpaired) electrons. The number of rotatable bonds is 6. The first kappa shape index (κ1) is 21.9. The first-order valence-electron chi connectivity index (χ1n) is 9.86. The summed E-state index contributed by atoms with van der Waals surface area (Å²) in [5.74, 6) is 5.75. The molecule has 1 unspecified atom stereocenters. The number of aromatic nitrogens is 2. The number of hydrogen-bond donors (Lipinski definition) is 3. The standard InChI is InChI=1S/C21H21N5O4S2/c1-3-30-19(28)15-11(2)23-20(29)24-14(15)10-32-21-25-17-16(18(27)26(21)22)13(9-31-17)12-7-5-4-6-8-12/h4-9,11H,3,10,22H2,1-2H3,(H2,23,24,29). The number of hydrogen-bond acceptors (Lipinski definition) is 8. The summed E-state index contributed by atoms with van der Waals surface area (Å²) in [6, 6.07) is 8.64. The second-order valence-corrected chi connectivity index (χ2v) is 8.79. The van der Waals surface area contributed by atoms with E-state index in [1.165, 1.54) is 11.3 Å². The van der Waals surface area contributed by atoms with E-state index in [0.717, 1.165) is 27.6 Å². The van der Waals surface area contributed by atoms with Crippen LogP contribution >= 0.6 is 23.1 Å². The lowest BCUT2D eigenvalue weighted by molar-refractivity contribution is -0.138. The van der Waals surface area contributed by atoms with E-state index >= 15 is 0 Å². The van der Waals surface area contributed by atoms with Crippen LogP contribution < -0.4 is 22.0 Å². The van der Waals surface area contributed by atoms with E-state index in [0.29, 0.717) is 21.5 Å². The minimum absolute atomic E-state index is 0.179. The molecule has 4 N–H and O–H groups in total. The van der Waals surface area contributed by atoms with Gasteiger partial charge in [0.1, 0.15) is 4.83 Å². The number of nitrogens with one attached hydrogen (secondary N) is 2. The second-order valence-electron chi connectivity index (χ2n) is 6.99. The van der Waals surface area contributed by atoms with E-state index < -0.39 is 18.0 Å². The number of benzene rings is 1. The van der Waals surface area contributed by atoms with Crippen LogP contribution in [-0.4, -0.2) is 40.1 Å². The predicted octanol–water partition coefficient (Wildman–Crippen LogP) is 2.45. The number of ether oxygens (including phenoxy) is 1. The Morgan fingerprint density at radius 2 is 2.06 bits per heavy atom. The van der Waals surface area contributed by atoms with Crippen LogP contribution in [-0.2, 0) is 9.53 Å². The van der Waals surface area contributed by atoms with Crippen LogP contribution in [0.15, 0.2) is 56.9 Å². The van der Waals surface area contributed by atoms with E-state index in [2.05, 4.69) is 15.6 Å². The lowest BCUT2D eigenvalue weighted by Gasteiger charge is -2.26. The molecule has 0 bridgehead atoms. The number of esters is 1. The maximum Gasteiger partial charge on any atom is 0.337 e. The minimum atomic E-state index is -0.514. The Balaban J connectivity index is 1.68. The summed E-state index contributed by atoms with van der Waals surface area (Å²) >= 11 is 2.52. The highest BCUT2D eigenvalue weighted by Gasteiger charge is 2.30. The molecule has 1 atom stereocenters. The molecule has 9 nitrogen and oxygen atoms in total. The third-order valence-corrected chi connectivity index (χ3v) is 6.75. The van der Waals surface area contributed by atoms with Gasteiger partial charge in [0.15, 0.2) is 5.16 Å². The Labute approximate surface area is 191 Å². The number of nitrogens with two attached hydrogens (primary N) is 1. The Bertz CT molecular complexity index is 1280. The molecule has 0 fully saturated rings. The number of nitrogen functional groups attached to an aromatic ring is 1. The maximum atomic E-state index is 13.0. The molecule has 2 aromatic heterocycles. The van der Waals surface area contributed by atoms with E-state index in [1.54, 1.807) is 13.8 Å². The van der Waals surface area contributed by atoms with Gasteiger partial charge in [0.05, 0.1) is 23.6 Å². The number of carbonyl (C=O) groups is 2. The van der Waals surface area contributed by atoms with E-state index in [1.807, 2.05) is 35.7 Å². The van der Waals surface area contributed by atoms with Crippen LogP contribution in [0.4, 0.5) is 4.79 Å². The normalized spacial score (nSPS) is 16.1. The molecule has 0 aliphatic carbocycles. The Morgan fingerprint density at radius 3 is 2.78 bits per heavy atom. The van der Waals surface area contributed by atoms with Crippen molar-refractivity contribution in [2.45, 2.75) is 25.0 Å². The SMILES string of the molecule is CCOC(=O)C1=C(CSc2nc3scc(-c4ccccc4)c3c(=O)n2N)NC(=O)NC1C. The van der Waals surface area contributed by atoms with Gasteiger partial charge in [-0.15, -0.1) is 11.3 Å². The zero-order valence-electron chi connectivity index (χ0n) is 17.4. The van der Waals surface area contributed by atoms with Gasteiger partial charge >= 0.3 is 12.0 Å². The second kappa shape index (κ2) is 9.05. The van der Waals surface area contributed by atoms with Crippen molar-refractivity contribution in [3.63, 3.8) is 0 Å². The van der Waals surface area contributed by atoms with Gasteiger partial charge in [-0.25, -0.2) is 19.2 Å². The Kier molecular flexibility index (Phi) is 6.19. The van der Waals surface area contributed by atoms with Crippen molar-refractivity contribution in [1.82, 2.24) is 20.3 Å². The summed E-state index contributed by atoms with van der Waals surface area (Å²) in [4.78, 5) is 42.5. The van der Waals surface area contributed by atoms with Gasteiger partial charge < -0.3 is 21.2 Å². The van der Waals surface area contributed by atoms with Gasteiger partial charge in [0, 0.05) is 22.4 Å². The fourth-order valence-corrected chi connectivity index (χ4v) is 5.32. The fraction of sp³-hybridized carbons (Fsp3) is 0.238. The average Bonchev–Trinajstić information content (AvgIpc) is 3.19. The molecule has 3 heterocycles. The number of fused-ring (bicyclic) bond motifs is 1. The number of thioether (sulfide) groups is 1. The summed E-state index contributed by atoms with van der Waals surface area (Å²) in [5.41, 5.74) is 2.06. The third-order valence-electron chi connectivity index (χ3n) is 4.90. The molecule has 32 heavy (non-hydrogen) atoms. The van der Waals surface area contributed by atoms with Crippen molar-refractivity contribution in [1.29, 1.82) is 0 Å². The molecule has 0 spiro atoms. The Morgan fingerprint density at radius 1 is 1.31 bits per heavy atom. The average molecular weight is 472 g/mol. The van der Waals surface area contributed by atoms with Crippen LogP contribution in [0.5, 0.6) is 0 Å². The zero-order valence-corrected chi connectivity index (χ0v) is 19.0. The quantitative estimate of drug-likeness (QED) is 0.218. The first-order chi connectivity index (χ1) is 15.4. The van der Waals surface area contributed by atoms with E-state index in [-0.39, 0.29) is 23.1 Å². The van der Waals surface area contributed by atoms with Crippen molar-refractivity contribution in [2.75, 3.05) is 18.2 Å². The van der Waals surface area contributed by atoms with Gasteiger partial charge in [-0.3, -0.25) is 4.79 Å². The molecule has 3 aromatic rings. The summed E-state index contributed by atoms with van der Waals surface area (Å²) in [5, 5.41) is 7.93. The van der Waals surface area contributed by atoms with Crippen molar-refractivity contribution in [2.24, 2.45) is 0 Å². The van der Waals surface area contributed by atoms with Gasteiger partial charge in [0.25, 0.3) is 5.56 Å². The molecule has 166 valence electrons. The maximum absolute atomic E-state index is 13.0. The third kappa shape index (κ3) is 4.08. The topological polar surface area (TPSA) is 128 Å². The number of urea groups is 1. The van der Waals surface area contributed by atoms with Gasteiger partial charge in [0.2, 0.25) is 0 Å². The predicted molar refractivity (Wildman–Crippen MR) is 125 cm³/mol. The summed E-state index contributed by atoms with van der Waals surface area (Å²) < 4.78 is 6.13. The number of nitrogens with zero attached hydrogens (tertiary/aromatic N) is 2. The molecule has 2 amide bonds. The summed E-state index contributed by atoms with van der Waals surface area (Å²) in [7, 11) is 0. The summed E-state index contributed by atoms with van der Waals surface area (Å²) in [6.07, 6.45) is 0. The number of thiophene rings is 1. The highest BCUT2D eigenvalue weighted by atomic mass is 32.2. The summed E-state index contributed by atoms with van der Waals surface area (Å²) in [6.45, 7) is 3.63. The molecule has 1 aliphatic rings. The van der Waals surface area contributed by atoms with Crippen molar-refractivity contribution < 1.29 is 14.3 Å². The van der Waals surface area contributed by atoms with Crippen molar-refractivity contribution in [3.05, 3.63) is 57.3 Å². The first-order valence-corrected chi connectivity index (χ1v) is 11.7. The molecule has 4 rings (SSSR count). The van der Waals surface area contributed by atoms with Gasteiger partial charge in [-0.05, 0) is 19.4 Å². The molecular formula is C21H21N5O4S2.